The van der Waals surface area contributed by atoms with E-state index in [-0.39, 0.29) is 17.9 Å². The number of aryl methyl sites for hydroxylation is 1. The van der Waals surface area contributed by atoms with Gasteiger partial charge in [-0.3, -0.25) is 9.59 Å². The summed E-state index contributed by atoms with van der Waals surface area (Å²) in [5.41, 5.74) is 3.47. The lowest BCUT2D eigenvalue weighted by Crippen LogP contribution is -2.27. The fourth-order valence-electron chi connectivity index (χ4n) is 3.53. The highest BCUT2D eigenvalue weighted by Crippen LogP contribution is 2.22. The predicted molar refractivity (Wildman–Crippen MR) is 116 cm³/mol. The molecule has 0 aliphatic carbocycles. The smallest absolute Gasteiger partial charge is 0.277 e. The van der Waals surface area contributed by atoms with Crippen LogP contribution in [0.15, 0.2) is 57.9 Å². The van der Waals surface area contributed by atoms with E-state index in [4.69, 9.17) is 9.15 Å². The largest absolute Gasteiger partial charge is 0.497 e. The molecule has 0 atom stereocenters. The molecule has 0 unspecified atom stereocenters. The number of nitrogens with one attached hydrogen (secondary N) is 1. The van der Waals surface area contributed by atoms with E-state index in [1.165, 1.54) is 4.52 Å². The summed E-state index contributed by atoms with van der Waals surface area (Å²) in [5.74, 6) is 1.30. The number of amides is 1. The molecule has 1 aromatic carbocycles. The number of furan rings is 1. The number of rotatable bonds is 7. The van der Waals surface area contributed by atoms with Crippen molar-refractivity contribution in [3.63, 3.8) is 0 Å². The average molecular weight is 420 g/mol. The summed E-state index contributed by atoms with van der Waals surface area (Å²) in [6.45, 7) is 2.21. The average Bonchev–Trinajstić information content (AvgIpc) is 3.46. The van der Waals surface area contributed by atoms with E-state index in [0.29, 0.717) is 35.6 Å². The molecule has 0 radical (unpaired) electrons. The van der Waals surface area contributed by atoms with Crippen LogP contribution >= 0.6 is 0 Å². The zero-order valence-corrected chi connectivity index (χ0v) is 17.7. The summed E-state index contributed by atoms with van der Waals surface area (Å²) >= 11 is 0. The van der Waals surface area contributed by atoms with Crippen molar-refractivity contribution in [2.75, 3.05) is 7.11 Å². The SMILES string of the molecule is COc1ccc(-c2cc3n(C)c(C)c(CCC(=O)NCc4ccco4)c(=O)n3n2)cc1. The maximum atomic E-state index is 13.1. The molecule has 0 saturated heterocycles. The van der Waals surface area contributed by atoms with Gasteiger partial charge in [0.05, 0.1) is 25.6 Å². The number of methoxy groups -OCH3 is 1. The van der Waals surface area contributed by atoms with E-state index in [0.717, 1.165) is 17.0 Å². The molecular formula is C23H24N4O4. The third-order valence-electron chi connectivity index (χ3n) is 5.45. The lowest BCUT2D eigenvalue weighted by molar-refractivity contribution is -0.121. The first-order chi connectivity index (χ1) is 15.0. The predicted octanol–water partition coefficient (Wildman–Crippen LogP) is 2.86. The fourth-order valence-corrected chi connectivity index (χ4v) is 3.53. The Morgan fingerprint density at radius 2 is 2.00 bits per heavy atom. The van der Waals surface area contributed by atoms with Crippen LogP contribution in [0, 0.1) is 6.92 Å². The fraction of sp³-hybridized carbons (Fsp3) is 0.261. The van der Waals surface area contributed by atoms with E-state index in [9.17, 15) is 9.59 Å². The Morgan fingerprint density at radius 3 is 2.68 bits per heavy atom. The molecule has 0 spiro atoms. The lowest BCUT2D eigenvalue weighted by atomic mass is 10.1. The molecule has 4 rings (SSSR count). The monoisotopic (exact) mass is 420 g/mol. The molecule has 8 nitrogen and oxygen atoms in total. The Labute approximate surface area is 179 Å². The Morgan fingerprint density at radius 1 is 1.23 bits per heavy atom. The highest BCUT2D eigenvalue weighted by atomic mass is 16.5. The van der Waals surface area contributed by atoms with Crippen LogP contribution in [-0.4, -0.2) is 27.2 Å². The minimum atomic E-state index is -0.204. The highest BCUT2D eigenvalue weighted by Gasteiger charge is 2.16. The summed E-state index contributed by atoms with van der Waals surface area (Å²) in [6.07, 6.45) is 2.10. The van der Waals surface area contributed by atoms with Gasteiger partial charge in [0.25, 0.3) is 5.56 Å². The zero-order valence-electron chi connectivity index (χ0n) is 17.7. The van der Waals surface area contributed by atoms with Crippen LogP contribution in [0.1, 0.15) is 23.4 Å². The van der Waals surface area contributed by atoms with Crippen molar-refractivity contribution in [2.45, 2.75) is 26.3 Å². The van der Waals surface area contributed by atoms with Gasteiger partial charge in [-0.15, -0.1) is 0 Å². The second-order valence-electron chi connectivity index (χ2n) is 7.31. The molecule has 0 bridgehead atoms. The summed E-state index contributed by atoms with van der Waals surface area (Å²) in [7, 11) is 3.51. The number of hydrogen-bond donors (Lipinski definition) is 1. The standard InChI is InChI=1S/C23H24N4O4/c1-15-19(10-11-21(28)24-14-18-5-4-12-31-18)23(29)27-22(26(15)2)13-20(25-27)16-6-8-17(30-3)9-7-16/h4-9,12-13H,10-11,14H2,1-3H3,(H,24,28). The van der Waals surface area contributed by atoms with Crippen molar-refractivity contribution in [3.8, 4) is 17.0 Å². The summed E-state index contributed by atoms with van der Waals surface area (Å²) < 4.78 is 13.7. The summed E-state index contributed by atoms with van der Waals surface area (Å²) in [4.78, 5) is 25.4. The Kier molecular flexibility index (Phi) is 5.62. The van der Waals surface area contributed by atoms with E-state index in [1.807, 2.05) is 48.9 Å². The van der Waals surface area contributed by atoms with Crippen LogP contribution < -0.4 is 15.6 Å². The molecule has 0 fully saturated rings. The number of carbonyl (C=O) groups excluding carboxylic acids is 1. The third kappa shape index (κ3) is 4.09. The van der Waals surface area contributed by atoms with Crippen molar-refractivity contribution in [2.24, 2.45) is 7.05 Å². The van der Waals surface area contributed by atoms with E-state index in [2.05, 4.69) is 10.4 Å². The van der Waals surface area contributed by atoms with Crippen LogP contribution in [0.25, 0.3) is 16.9 Å². The van der Waals surface area contributed by atoms with Gasteiger partial charge >= 0.3 is 0 Å². The van der Waals surface area contributed by atoms with Gasteiger partial charge in [0.2, 0.25) is 5.91 Å². The van der Waals surface area contributed by atoms with Crippen molar-refractivity contribution in [1.29, 1.82) is 0 Å². The van der Waals surface area contributed by atoms with Gasteiger partial charge in [0, 0.05) is 36.4 Å². The number of hydrogen-bond acceptors (Lipinski definition) is 5. The minimum Gasteiger partial charge on any atom is -0.497 e. The van der Waals surface area contributed by atoms with E-state index in [1.54, 1.807) is 25.5 Å². The van der Waals surface area contributed by atoms with Gasteiger partial charge in [-0.25, -0.2) is 0 Å². The van der Waals surface area contributed by atoms with Crippen LogP contribution in [0.4, 0.5) is 0 Å². The van der Waals surface area contributed by atoms with Crippen molar-refractivity contribution >= 4 is 11.6 Å². The van der Waals surface area contributed by atoms with Gasteiger partial charge in [0.1, 0.15) is 17.2 Å². The molecule has 1 N–H and O–H groups in total. The second-order valence-corrected chi connectivity index (χ2v) is 7.31. The van der Waals surface area contributed by atoms with Crippen LogP contribution in [0.3, 0.4) is 0 Å². The molecule has 8 heteroatoms. The normalized spacial score (nSPS) is 11.1. The molecule has 0 aliphatic heterocycles. The molecule has 31 heavy (non-hydrogen) atoms. The van der Waals surface area contributed by atoms with Gasteiger partial charge in [0.15, 0.2) is 0 Å². The number of fused-ring (bicyclic) bond motifs is 1. The summed E-state index contributed by atoms with van der Waals surface area (Å²) in [6, 6.07) is 13.0. The molecule has 3 aromatic heterocycles. The van der Waals surface area contributed by atoms with Crippen LogP contribution in [-0.2, 0) is 24.8 Å². The minimum absolute atomic E-state index is 0.141. The third-order valence-corrected chi connectivity index (χ3v) is 5.45. The number of benzene rings is 1. The van der Waals surface area contributed by atoms with Crippen molar-refractivity contribution in [1.82, 2.24) is 19.5 Å². The van der Waals surface area contributed by atoms with Crippen LogP contribution in [0.5, 0.6) is 5.75 Å². The molecular weight excluding hydrogens is 396 g/mol. The van der Waals surface area contributed by atoms with Gasteiger partial charge in [-0.05, 0) is 49.7 Å². The molecule has 160 valence electrons. The molecule has 4 aromatic rings. The second kappa shape index (κ2) is 8.51. The first kappa shape index (κ1) is 20.5. The van der Waals surface area contributed by atoms with Gasteiger partial charge < -0.3 is 19.0 Å². The highest BCUT2D eigenvalue weighted by molar-refractivity contribution is 5.76. The maximum Gasteiger partial charge on any atom is 0.277 e. The Bertz CT molecular complexity index is 1270. The molecule has 3 heterocycles. The first-order valence-electron chi connectivity index (χ1n) is 9.99. The number of carbonyl (C=O) groups is 1. The van der Waals surface area contributed by atoms with Crippen LogP contribution in [0.2, 0.25) is 0 Å². The summed E-state index contributed by atoms with van der Waals surface area (Å²) in [5, 5.41) is 7.33. The zero-order chi connectivity index (χ0) is 22.0. The molecule has 0 saturated carbocycles. The van der Waals surface area contributed by atoms with Crippen molar-refractivity contribution < 1.29 is 13.9 Å². The molecule has 0 aliphatic rings. The number of nitrogens with zero attached hydrogens (tertiary/aromatic N) is 3. The first-order valence-corrected chi connectivity index (χ1v) is 9.99. The van der Waals surface area contributed by atoms with Crippen molar-refractivity contribution in [3.05, 3.63) is 76.1 Å². The topological polar surface area (TPSA) is 90.8 Å². The van der Waals surface area contributed by atoms with Gasteiger partial charge in [-0.1, -0.05) is 0 Å². The molecule has 1 amide bonds. The number of ether oxygens (including phenoxy) is 1. The van der Waals surface area contributed by atoms with Gasteiger partial charge in [-0.2, -0.15) is 9.61 Å². The quantitative estimate of drug-likeness (QED) is 0.497. The maximum absolute atomic E-state index is 13.1. The van der Waals surface area contributed by atoms with E-state index >= 15 is 0 Å². The number of aromatic nitrogens is 3. The Hall–Kier alpha value is -3.81. The van der Waals surface area contributed by atoms with E-state index < -0.39 is 0 Å². The Balaban J connectivity index is 1.57. The lowest BCUT2D eigenvalue weighted by Gasteiger charge is -2.12.